The second-order valence-corrected chi connectivity index (χ2v) is 3.69. The first-order valence-corrected chi connectivity index (χ1v) is 5.26. The minimum Gasteiger partial charge on any atom is -0.344 e. The molecule has 2 aromatic rings. The van der Waals surface area contributed by atoms with Crippen molar-refractivity contribution in [1.29, 1.82) is 0 Å². The van der Waals surface area contributed by atoms with Crippen molar-refractivity contribution in [1.82, 2.24) is 0 Å². The highest BCUT2D eigenvalue weighted by Gasteiger charge is 2.12. The summed E-state index contributed by atoms with van der Waals surface area (Å²) >= 11 is 0. The number of anilines is 2. The van der Waals surface area contributed by atoms with Crippen molar-refractivity contribution in [2.75, 3.05) is 11.9 Å². The fourth-order valence-corrected chi connectivity index (χ4v) is 1.73. The Balaban J connectivity index is 2.48. The third kappa shape index (κ3) is 2.18. The lowest BCUT2D eigenvalue weighted by molar-refractivity contribution is 0.112. The maximum absolute atomic E-state index is 13.5. The summed E-state index contributed by atoms with van der Waals surface area (Å²) in [4.78, 5) is 12.7. The summed E-state index contributed by atoms with van der Waals surface area (Å²) in [7, 11) is 1.80. The number of hydrogen-bond acceptors (Lipinski definition) is 2. The van der Waals surface area contributed by atoms with Gasteiger partial charge < -0.3 is 4.90 Å². The zero-order valence-corrected chi connectivity index (χ0v) is 9.43. The molecule has 86 valence electrons. The maximum Gasteiger partial charge on any atom is 0.155 e. The fraction of sp³-hybridized carbons (Fsp3) is 0.0714. The molecule has 0 bridgehead atoms. The highest BCUT2D eigenvalue weighted by molar-refractivity contribution is 5.86. The van der Waals surface area contributed by atoms with E-state index in [0.29, 0.717) is 12.0 Å². The van der Waals surface area contributed by atoms with Crippen molar-refractivity contribution in [3.05, 3.63) is 59.9 Å². The molecule has 0 aliphatic heterocycles. The number of benzene rings is 2. The quantitative estimate of drug-likeness (QED) is 0.752. The first kappa shape index (κ1) is 11.3. The molecule has 0 radical (unpaired) electrons. The van der Waals surface area contributed by atoms with Gasteiger partial charge in [0.1, 0.15) is 5.82 Å². The molecule has 0 amide bonds. The van der Waals surface area contributed by atoms with Crippen molar-refractivity contribution in [2.24, 2.45) is 0 Å². The van der Waals surface area contributed by atoms with Gasteiger partial charge in [0.15, 0.2) is 6.29 Å². The summed E-state index contributed by atoms with van der Waals surface area (Å²) < 4.78 is 13.5. The third-order valence-corrected chi connectivity index (χ3v) is 2.65. The van der Waals surface area contributed by atoms with Gasteiger partial charge in [-0.3, -0.25) is 4.79 Å². The molecular formula is C14H12FNO. The van der Waals surface area contributed by atoms with Gasteiger partial charge in [-0.2, -0.15) is 0 Å². The standard InChI is InChI=1S/C14H12FNO/c1-16(11-6-3-2-4-7-11)14-9-5-8-13(15)12(14)10-17/h2-10H,1H3. The second-order valence-electron chi connectivity index (χ2n) is 3.69. The summed E-state index contributed by atoms with van der Waals surface area (Å²) in [5.41, 5.74) is 1.55. The van der Waals surface area contributed by atoms with Crippen LogP contribution in [0.1, 0.15) is 10.4 Å². The smallest absolute Gasteiger partial charge is 0.155 e. The van der Waals surface area contributed by atoms with Crippen LogP contribution < -0.4 is 4.90 Å². The summed E-state index contributed by atoms with van der Waals surface area (Å²) in [6, 6.07) is 14.1. The normalized spacial score (nSPS) is 10.0. The molecule has 0 aliphatic carbocycles. The van der Waals surface area contributed by atoms with Crippen LogP contribution in [0.15, 0.2) is 48.5 Å². The number of nitrogens with zero attached hydrogens (tertiary/aromatic N) is 1. The highest BCUT2D eigenvalue weighted by Crippen LogP contribution is 2.27. The number of halogens is 1. The van der Waals surface area contributed by atoms with Crippen molar-refractivity contribution < 1.29 is 9.18 Å². The number of rotatable bonds is 3. The molecule has 2 rings (SSSR count). The Kier molecular flexibility index (Phi) is 3.19. The van der Waals surface area contributed by atoms with Gasteiger partial charge in [0.05, 0.1) is 11.3 Å². The zero-order chi connectivity index (χ0) is 12.3. The Morgan fingerprint density at radius 1 is 1.06 bits per heavy atom. The molecule has 0 heterocycles. The molecule has 2 aromatic carbocycles. The Labute approximate surface area is 99.3 Å². The lowest BCUT2D eigenvalue weighted by atomic mass is 10.1. The Hall–Kier alpha value is -2.16. The van der Waals surface area contributed by atoms with Crippen LogP contribution >= 0.6 is 0 Å². The Morgan fingerprint density at radius 3 is 2.41 bits per heavy atom. The monoisotopic (exact) mass is 229 g/mol. The molecule has 0 saturated heterocycles. The van der Waals surface area contributed by atoms with Gasteiger partial charge in [-0.25, -0.2) is 4.39 Å². The van der Waals surface area contributed by atoms with E-state index in [-0.39, 0.29) is 5.56 Å². The SMILES string of the molecule is CN(c1ccccc1)c1cccc(F)c1C=O. The second kappa shape index (κ2) is 4.78. The number of carbonyl (C=O) groups excluding carboxylic acids is 1. The van der Waals surface area contributed by atoms with E-state index in [2.05, 4.69) is 0 Å². The van der Waals surface area contributed by atoms with E-state index in [1.807, 2.05) is 30.3 Å². The summed E-state index contributed by atoms with van der Waals surface area (Å²) in [6.07, 6.45) is 0.546. The van der Waals surface area contributed by atoms with E-state index in [4.69, 9.17) is 0 Å². The fourth-order valence-electron chi connectivity index (χ4n) is 1.73. The number of hydrogen-bond donors (Lipinski definition) is 0. The lowest BCUT2D eigenvalue weighted by Gasteiger charge is -2.21. The van der Waals surface area contributed by atoms with Crippen molar-refractivity contribution in [3.8, 4) is 0 Å². The molecular weight excluding hydrogens is 217 g/mol. The van der Waals surface area contributed by atoms with E-state index in [1.165, 1.54) is 6.07 Å². The summed E-state index contributed by atoms with van der Waals surface area (Å²) in [6.45, 7) is 0. The van der Waals surface area contributed by atoms with Gasteiger partial charge in [0.25, 0.3) is 0 Å². The van der Waals surface area contributed by atoms with Crippen LogP contribution in [0.3, 0.4) is 0 Å². The van der Waals surface area contributed by atoms with Gasteiger partial charge in [-0.05, 0) is 24.3 Å². The number of para-hydroxylation sites is 1. The van der Waals surface area contributed by atoms with E-state index >= 15 is 0 Å². The number of aldehydes is 1. The summed E-state index contributed by atoms with van der Waals surface area (Å²) in [5.74, 6) is -0.500. The van der Waals surface area contributed by atoms with Crippen molar-refractivity contribution >= 4 is 17.7 Å². The van der Waals surface area contributed by atoms with Crippen LogP contribution in [0, 0.1) is 5.82 Å². The molecule has 0 unspecified atom stereocenters. The lowest BCUT2D eigenvalue weighted by Crippen LogP contribution is -2.12. The molecule has 0 fully saturated rings. The molecule has 0 spiro atoms. The average molecular weight is 229 g/mol. The van der Waals surface area contributed by atoms with Crippen molar-refractivity contribution in [3.63, 3.8) is 0 Å². The van der Waals surface area contributed by atoms with Gasteiger partial charge in [-0.1, -0.05) is 24.3 Å². The van der Waals surface area contributed by atoms with Crippen LogP contribution in [-0.2, 0) is 0 Å². The minimum atomic E-state index is -0.500. The zero-order valence-electron chi connectivity index (χ0n) is 9.43. The van der Waals surface area contributed by atoms with Crippen LogP contribution in [0.25, 0.3) is 0 Å². The first-order valence-electron chi connectivity index (χ1n) is 5.26. The summed E-state index contributed by atoms with van der Waals surface area (Å²) in [5, 5.41) is 0. The molecule has 0 atom stereocenters. The average Bonchev–Trinajstić information content (AvgIpc) is 2.38. The molecule has 0 aliphatic rings. The topological polar surface area (TPSA) is 20.3 Å². The van der Waals surface area contributed by atoms with Crippen LogP contribution in [0.2, 0.25) is 0 Å². The van der Waals surface area contributed by atoms with E-state index in [1.54, 1.807) is 24.1 Å². The first-order chi connectivity index (χ1) is 8.24. The van der Waals surface area contributed by atoms with Gasteiger partial charge in [-0.15, -0.1) is 0 Å². The van der Waals surface area contributed by atoms with E-state index < -0.39 is 5.82 Å². The molecule has 2 nitrogen and oxygen atoms in total. The maximum atomic E-state index is 13.5. The Morgan fingerprint density at radius 2 is 1.76 bits per heavy atom. The Bertz CT molecular complexity index is 525. The predicted octanol–water partition coefficient (Wildman–Crippen LogP) is 3.41. The van der Waals surface area contributed by atoms with Gasteiger partial charge >= 0.3 is 0 Å². The van der Waals surface area contributed by atoms with E-state index in [0.717, 1.165) is 5.69 Å². The minimum absolute atomic E-state index is 0.0823. The molecule has 3 heteroatoms. The van der Waals surface area contributed by atoms with Crippen LogP contribution in [-0.4, -0.2) is 13.3 Å². The molecule has 0 N–H and O–H groups in total. The largest absolute Gasteiger partial charge is 0.344 e. The molecule has 0 saturated carbocycles. The van der Waals surface area contributed by atoms with Gasteiger partial charge in [0, 0.05) is 12.7 Å². The highest BCUT2D eigenvalue weighted by atomic mass is 19.1. The van der Waals surface area contributed by atoms with Gasteiger partial charge in [0.2, 0.25) is 0 Å². The molecule has 17 heavy (non-hydrogen) atoms. The molecule has 0 aromatic heterocycles. The van der Waals surface area contributed by atoms with Crippen LogP contribution in [0.5, 0.6) is 0 Å². The number of carbonyl (C=O) groups is 1. The predicted molar refractivity (Wildman–Crippen MR) is 66.3 cm³/mol. The van der Waals surface area contributed by atoms with Crippen molar-refractivity contribution in [2.45, 2.75) is 0 Å². The van der Waals surface area contributed by atoms with Crippen LogP contribution in [0.4, 0.5) is 15.8 Å². The van der Waals surface area contributed by atoms with E-state index in [9.17, 15) is 9.18 Å². The third-order valence-electron chi connectivity index (χ3n) is 2.65.